The van der Waals surface area contributed by atoms with Gasteiger partial charge in [-0.1, -0.05) is 30.3 Å². The molecule has 0 heterocycles. The van der Waals surface area contributed by atoms with E-state index >= 15 is 0 Å². The molecule has 15 heteroatoms. The number of anilines is 2. The first-order valence-corrected chi connectivity index (χ1v) is 14.5. The Labute approximate surface area is 283 Å². The van der Waals surface area contributed by atoms with Gasteiger partial charge in [-0.15, -0.1) is 24.8 Å². The van der Waals surface area contributed by atoms with Crippen LogP contribution in [0.15, 0.2) is 59.1 Å². The topological polar surface area (TPSA) is 206 Å². The second kappa shape index (κ2) is 13.9. The summed E-state index contributed by atoms with van der Waals surface area (Å²) in [5, 5.41) is 51.3. The standard InChI is InChI=1S/C32H37N5O8.2ClH/c1-36(2)20-12-19(35-21(38)14-34-13-15-8-6-5-7-9-15)26(39)23-17(20)10-16-11-18-25(37(3)4)28(41)24(31(33)44)30(43)32(18,45)29(42)22(16)27(23)40;;/h5-9,12,16,18,25,34,39,41-42,45H,10-11,13-14H2,1-4H3,(H2,33,44)(H,35,38);2*1H/t16?,18?,25-,32-;;/m0../s1. The van der Waals surface area contributed by atoms with Gasteiger partial charge in [-0.05, 0) is 50.0 Å². The number of carbonyl (C=O) groups is 4. The maximum atomic E-state index is 14.1. The molecule has 0 saturated heterocycles. The number of amides is 2. The Morgan fingerprint density at radius 3 is 2.26 bits per heavy atom. The van der Waals surface area contributed by atoms with Crippen LogP contribution in [0.2, 0.25) is 0 Å². The molecule has 8 N–H and O–H groups in total. The minimum atomic E-state index is -2.74. The molecule has 0 spiro atoms. The summed E-state index contributed by atoms with van der Waals surface area (Å²) in [4.78, 5) is 55.9. The Bertz CT molecular complexity index is 1680. The van der Waals surface area contributed by atoms with Crippen LogP contribution in [0.1, 0.15) is 27.9 Å². The lowest BCUT2D eigenvalue weighted by molar-refractivity contribution is -0.148. The number of hydrogen-bond acceptors (Lipinski definition) is 11. The number of aromatic hydroxyl groups is 1. The lowest BCUT2D eigenvalue weighted by Gasteiger charge is -2.50. The van der Waals surface area contributed by atoms with E-state index in [0.717, 1.165) is 5.56 Å². The summed E-state index contributed by atoms with van der Waals surface area (Å²) in [5.74, 6) is -7.84. The summed E-state index contributed by atoms with van der Waals surface area (Å²) in [6.07, 6.45) is 0.105. The van der Waals surface area contributed by atoms with Crippen LogP contribution in [0, 0.1) is 11.8 Å². The number of benzene rings is 2. The van der Waals surface area contributed by atoms with Crippen molar-refractivity contribution in [2.45, 2.75) is 31.0 Å². The van der Waals surface area contributed by atoms with Gasteiger partial charge in [-0.25, -0.2) is 0 Å². The average molecular weight is 693 g/mol. The van der Waals surface area contributed by atoms with Crippen LogP contribution >= 0.6 is 24.8 Å². The fourth-order valence-corrected chi connectivity index (χ4v) is 6.90. The number of aliphatic hydroxyl groups excluding tert-OH is 2. The van der Waals surface area contributed by atoms with Crippen molar-refractivity contribution < 1.29 is 39.6 Å². The molecule has 3 aliphatic rings. The van der Waals surface area contributed by atoms with Crippen LogP contribution in [0.25, 0.3) is 0 Å². The molecule has 0 bridgehead atoms. The fraction of sp³-hybridized carbons (Fsp3) is 0.375. The largest absolute Gasteiger partial charge is 0.510 e. The van der Waals surface area contributed by atoms with Gasteiger partial charge in [0.15, 0.2) is 17.1 Å². The van der Waals surface area contributed by atoms with Gasteiger partial charge >= 0.3 is 0 Å². The predicted molar refractivity (Wildman–Crippen MR) is 179 cm³/mol. The van der Waals surface area contributed by atoms with Crippen LogP contribution in [-0.2, 0) is 27.3 Å². The van der Waals surface area contributed by atoms with Crippen LogP contribution in [0.5, 0.6) is 5.75 Å². The number of aliphatic hydroxyl groups is 3. The number of phenols is 1. The van der Waals surface area contributed by atoms with Crippen molar-refractivity contribution in [3.8, 4) is 5.75 Å². The summed E-state index contributed by atoms with van der Waals surface area (Å²) < 4.78 is 0. The fourth-order valence-electron chi connectivity index (χ4n) is 6.90. The second-order valence-corrected chi connectivity index (χ2v) is 12.1. The summed E-state index contributed by atoms with van der Waals surface area (Å²) in [6, 6.07) is 9.95. The van der Waals surface area contributed by atoms with Crippen molar-refractivity contribution in [2.75, 3.05) is 45.0 Å². The zero-order chi connectivity index (χ0) is 33.0. The number of primary amides is 1. The van der Waals surface area contributed by atoms with Gasteiger partial charge in [0.05, 0.1) is 23.8 Å². The Kier molecular flexibility index (Phi) is 11.1. The van der Waals surface area contributed by atoms with Crippen molar-refractivity contribution >= 4 is 59.6 Å². The SMILES string of the molecule is CN(C)c1cc(NC(=O)CNCc2ccccc2)c(O)c2c1CC1CC3[C@H](N(C)C)C(O)=C(C(N)=O)C(=O)[C@@]3(O)C(O)=C1C2=O.Cl.Cl. The molecule has 47 heavy (non-hydrogen) atoms. The Morgan fingerprint density at radius 1 is 1.04 bits per heavy atom. The van der Waals surface area contributed by atoms with E-state index in [1.54, 1.807) is 39.2 Å². The quantitative estimate of drug-likeness (QED) is 0.157. The van der Waals surface area contributed by atoms with Gasteiger partial charge in [0.1, 0.15) is 17.1 Å². The molecule has 254 valence electrons. The second-order valence-electron chi connectivity index (χ2n) is 12.1. The third-order valence-corrected chi connectivity index (χ3v) is 8.91. The van der Waals surface area contributed by atoms with E-state index in [1.807, 2.05) is 30.3 Å². The van der Waals surface area contributed by atoms with Gasteiger partial charge in [0.25, 0.3) is 5.91 Å². The highest BCUT2D eigenvalue weighted by Crippen LogP contribution is 2.53. The number of likely N-dealkylation sites (N-methyl/N-ethyl adjacent to an activating group) is 1. The maximum Gasteiger partial charge on any atom is 0.255 e. The number of ketones is 2. The van der Waals surface area contributed by atoms with E-state index in [2.05, 4.69) is 10.6 Å². The molecule has 0 saturated carbocycles. The van der Waals surface area contributed by atoms with E-state index in [9.17, 15) is 39.6 Å². The zero-order valence-electron chi connectivity index (χ0n) is 26.2. The summed E-state index contributed by atoms with van der Waals surface area (Å²) in [5.41, 5.74) is 3.26. The molecule has 2 amide bonds. The highest BCUT2D eigenvalue weighted by Gasteiger charge is 2.63. The van der Waals surface area contributed by atoms with Gasteiger partial charge in [0, 0.05) is 37.8 Å². The molecule has 5 rings (SSSR count). The van der Waals surface area contributed by atoms with Crippen LogP contribution in [-0.4, -0.2) is 95.1 Å². The van der Waals surface area contributed by atoms with Crippen molar-refractivity contribution in [1.82, 2.24) is 10.2 Å². The highest BCUT2D eigenvalue weighted by atomic mass is 35.5. The normalized spacial score (nSPS) is 23.2. The molecule has 13 nitrogen and oxygen atoms in total. The van der Waals surface area contributed by atoms with E-state index in [0.29, 0.717) is 17.8 Å². The number of carbonyl (C=O) groups excluding carboxylic acids is 4. The zero-order valence-corrected chi connectivity index (χ0v) is 27.9. The van der Waals surface area contributed by atoms with E-state index in [-0.39, 0.29) is 61.0 Å². The van der Waals surface area contributed by atoms with E-state index in [4.69, 9.17) is 5.73 Å². The minimum absolute atomic E-state index is 0. The summed E-state index contributed by atoms with van der Waals surface area (Å²) >= 11 is 0. The third kappa shape index (κ3) is 6.17. The first kappa shape index (κ1) is 37.3. The van der Waals surface area contributed by atoms with Crippen LogP contribution in [0.3, 0.4) is 0 Å². The molecular weight excluding hydrogens is 653 g/mol. The van der Waals surface area contributed by atoms with Crippen LogP contribution in [0.4, 0.5) is 11.4 Å². The number of nitrogens with zero attached hydrogens (tertiary/aromatic N) is 2. The Balaban J connectivity index is 0.00000300. The minimum Gasteiger partial charge on any atom is -0.510 e. The van der Waals surface area contributed by atoms with Crippen molar-refractivity contribution in [2.24, 2.45) is 17.6 Å². The Morgan fingerprint density at radius 2 is 1.68 bits per heavy atom. The van der Waals surface area contributed by atoms with Gasteiger partial charge in [0.2, 0.25) is 11.7 Å². The molecule has 0 fully saturated rings. The number of hydrogen-bond donors (Lipinski definition) is 7. The van der Waals surface area contributed by atoms with Crippen molar-refractivity contribution in [3.05, 3.63) is 75.8 Å². The number of phenolic OH excluding ortho intramolecular Hbond substituents is 1. The number of Topliss-reactive ketones (excluding diaryl/α,β-unsaturated/α-hetero) is 2. The number of halogens is 2. The highest BCUT2D eigenvalue weighted by molar-refractivity contribution is 6.25. The van der Waals surface area contributed by atoms with Crippen LogP contribution < -0.4 is 21.3 Å². The number of nitrogens with two attached hydrogens (primary N) is 1. The van der Waals surface area contributed by atoms with Crippen molar-refractivity contribution in [3.63, 3.8) is 0 Å². The number of fused-ring (bicyclic) bond motifs is 3. The average Bonchev–Trinajstić information content (AvgIpc) is 2.96. The third-order valence-electron chi connectivity index (χ3n) is 8.91. The molecule has 2 aromatic carbocycles. The van der Waals surface area contributed by atoms with Gasteiger partial charge in [-0.3, -0.25) is 24.1 Å². The van der Waals surface area contributed by atoms with Gasteiger partial charge < -0.3 is 41.7 Å². The lowest BCUT2D eigenvalue weighted by atomic mass is 9.58. The first-order valence-electron chi connectivity index (χ1n) is 14.5. The predicted octanol–water partition coefficient (Wildman–Crippen LogP) is 1.76. The lowest BCUT2D eigenvalue weighted by Crippen LogP contribution is -2.63. The summed E-state index contributed by atoms with van der Waals surface area (Å²) in [7, 11) is 6.62. The molecule has 2 aromatic rings. The maximum absolute atomic E-state index is 14.1. The summed E-state index contributed by atoms with van der Waals surface area (Å²) in [6.45, 7) is 0.346. The molecular formula is C32H39Cl2N5O8. The molecule has 0 aromatic heterocycles. The monoisotopic (exact) mass is 691 g/mol. The molecule has 0 aliphatic heterocycles. The molecule has 0 radical (unpaired) electrons. The molecule has 3 aliphatic carbocycles. The number of rotatable bonds is 8. The van der Waals surface area contributed by atoms with E-state index in [1.165, 1.54) is 4.90 Å². The van der Waals surface area contributed by atoms with E-state index < -0.39 is 69.7 Å². The number of allylic oxidation sites excluding steroid dienone is 1. The molecule has 4 atom stereocenters. The Hall–Kier alpha value is -4.14. The molecule has 2 unspecified atom stereocenters. The number of nitrogens with one attached hydrogen (secondary N) is 2. The first-order chi connectivity index (χ1) is 21.2. The van der Waals surface area contributed by atoms with Gasteiger partial charge in [-0.2, -0.15) is 0 Å². The van der Waals surface area contributed by atoms with Crippen molar-refractivity contribution in [1.29, 1.82) is 0 Å². The smallest absolute Gasteiger partial charge is 0.255 e.